The summed E-state index contributed by atoms with van der Waals surface area (Å²) in [5.41, 5.74) is 0. The summed E-state index contributed by atoms with van der Waals surface area (Å²) < 4.78 is 16.8. The standard InChI is InChI=1S/C54H98O6/c1-4-7-10-13-16-19-22-25-27-30-32-35-38-41-44-47-53(56)59-50-51(49-58-52(55)46-43-40-37-34-31-28-24-21-18-15-12-9-6-3)60-54(57)48-45-42-39-36-33-29-26-23-20-17-14-11-8-5-2/h12,15,21,23-24,26,51H,4-11,13-14,16-20,22,25,27-50H2,1-3H3/b15-12-,24-21-,26-23-. The van der Waals surface area contributed by atoms with E-state index in [1.54, 1.807) is 0 Å². The van der Waals surface area contributed by atoms with Crippen molar-refractivity contribution in [1.82, 2.24) is 0 Å². The maximum atomic E-state index is 12.8. The van der Waals surface area contributed by atoms with Gasteiger partial charge in [0.2, 0.25) is 0 Å². The SMILES string of the molecule is CCC/C=C\C/C=C\CCCCCCCC(=O)OCC(COC(=O)CCCCCCCCCCCCCCCCC)OC(=O)CCCCCCC/C=C\CCCCCCC. The Bertz CT molecular complexity index is 1020. The number of carbonyl (C=O) groups excluding carboxylic acids is 3. The molecule has 0 fully saturated rings. The Morgan fingerprint density at radius 3 is 1.00 bits per heavy atom. The molecule has 1 unspecified atom stereocenters. The van der Waals surface area contributed by atoms with Gasteiger partial charge in [-0.15, -0.1) is 0 Å². The lowest BCUT2D eigenvalue weighted by Gasteiger charge is -2.18. The molecule has 0 aromatic carbocycles. The minimum atomic E-state index is -0.778. The number of hydrogen-bond donors (Lipinski definition) is 0. The van der Waals surface area contributed by atoms with E-state index in [9.17, 15) is 14.4 Å². The number of unbranched alkanes of at least 4 members (excludes halogenated alkanes) is 30. The van der Waals surface area contributed by atoms with Crippen LogP contribution in [0.25, 0.3) is 0 Å². The molecule has 0 aliphatic carbocycles. The first kappa shape index (κ1) is 57.6. The summed E-state index contributed by atoms with van der Waals surface area (Å²) in [5.74, 6) is -0.890. The number of ether oxygens (including phenoxy) is 3. The third-order valence-electron chi connectivity index (χ3n) is 11.3. The molecular weight excluding hydrogens is 745 g/mol. The Hall–Kier alpha value is -2.37. The molecule has 0 saturated carbocycles. The lowest BCUT2D eigenvalue weighted by atomic mass is 10.0. The first-order valence-electron chi connectivity index (χ1n) is 26.0. The number of esters is 3. The van der Waals surface area contributed by atoms with Crippen LogP contribution in [0, 0.1) is 0 Å². The zero-order valence-corrected chi connectivity index (χ0v) is 40.0. The maximum absolute atomic E-state index is 12.8. The van der Waals surface area contributed by atoms with Gasteiger partial charge in [0, 0.05) is 19.3 Å². The zero-order chi connectivity index (χ0) is 43.7. The van der Waals surface area contributed by atoms with E-state index >= 15 is 0 Å². The summed E-state index contributed by atoms with van der Waals surface area (Å²) in [6, 6.07) is 0. The molecule has 0 saturated heterocycles. The summed E-state index contributed by atoms with van der Waals surface area (Å²) in [6.07, 6.45) is 56.9. The highest BCUT2D eigenvalue weighted by Crippen LogP contribution is 2.15. The van der Waals surface area contributed by atoms with Crippen molar-refractivity contribution in [3.05, 3.63) is 36.5 Å². The number of hydrogen-bond acceptors (Lipinski definition) is 6. The second kappa shape index (κ2) is 49.3. The molecule has 0 aliphatic heterocycles. The largest absolute Gasteiger partial charge is 0.462 e. The van der Waals surface area contributed by atoms with Crippen LogP contribution in [-0.2, 0) is 28.6 Å². The fourth-order valence-corrected chi connectivity index (χ4v) is 7.42. The van der Waals surface area contributed by atoms with Crippen LogP contribution in [0.4, 0.5) is 0 Å². The van der Waals surface area contributed by atoms with Gasteiger partial charge in [0.1, 0.15) is 13.2 Å². The lowest BCUT2D eigenvalue weighted by Crippen LogP contribution is -2.30. The van der Waals surface area contributed by atoms with Crippen LogP contribution in [0.5, 0.6) is 0 Å². The molecule has 0 heterocycles. The van der Waals surface area contributed by atoms with Crippen molar-refractivity contribution >= 4 is 17.9 Å². The van der Waals surface area contributed by atoms with E-state index in [-0.39, 0.29) is 31.1 Å². The second-order valence-corrected chi connectivity index (χ2v) is 17.4. The van der Waals surface area contributed by atoms with Crippen LogP contribution >= 0.6 is 0 Å². The van der Waals surface area contributed by atoms with Crippen LogP contribution < -0.4 is 0 Å². The molecule has 0 amide bonds. The molecule has 0 bridgehead atoms. The van der Waals surface area contributed by atoms with Crippen LogP contribution in [0.1, 0.15) is 271 Å². The number of carbonyl (C=O) groups is 3. The van der Waals surface area contributed by atoms with Crippen LogP contribution in [0.3, 0.4) is 0 Å². The van der Waals surface area contributed by atoms with Gasteiger partial charge in [-0.25, -0.2) is 0 Å². The highest BCUT2D eigenvalue weighted by atomic mass is 16.6. The van der Waals surface area contributed by atoms with Crippen molar-refractivity contribution in [3.63, 3.8) is 0 Å². The minimum absolute atomic E-state index is 0.0771. The predicted octanol–water partition coefficient (Wildman–Crippen LogP) is 16.9. The molecule has 0 N–H and O–H groups in total. The van der Waals surface area contributed by atoms with E-state index in [0.717, 1.165) is 89.9 Å². The molecule has 0 rings (SSSR count). The molecule has 6 heteroatoms. The molecule has 6 nitrogen and oxygen atoms in total. The Morgan fingerprint density at radius 1 is 0.333 bits per heavy atom. The molecular formula is C54H98O6. The van der Waals surface area contributed by atoms with Crippen molar-refractivity contribution in [2.45, 2.75) is 277 Å². The van der Waals surface area contributed by atoms with Crippen LogP contribution in [0.2, 0.25) is 0 Å². The van der Waals surface area contributed by atoms with Crippen molar-refractivity contribution < 1.29 is 28.6 Å². The minimum Gasteiger partial charge on any atom is -0.462 e. The van der Waals surface area contributed by atoms with E-state index in [0.29, 0.717) is 19.3 Å². The van der Waals surface area contributed by atoms with Crippen LogP contribution in [-0.4, -0.2) is 37.2 Å². The third kappa shape index (κ3) is 46.7. The molecule has 0 aromatic heterocycles. The quantitative estimate of drug-likeness (QED) is 0.0263. The highest BCUT2D eigenvalue weighted by Gasteiger charge is 2.19. The molecule has 350 valence electrons. The van der Waals surface area contributed by atoms with Crippen molar-refractivity contribution in [3.8, 4) is 0 Å². The van der Waals surface area contributed by atoms with Gasteiger partial charge in [-0.1, -0.05) is 218 Å². The fourth-order valence-electron chi connectivity index (χ4n) is 7.42. The van der Waals surface area contributed by atoms with Gasteiger partial charge in [0.25, 0.3) is 0 Å². The summed E-state index contributed by atoms with van der Waals surface area (Å²) in [5, 5.41) is 0. The number of allylic oxidation sites excluding steroid dienone is 6. The van der Waals surface area contributed by atoms with Gasteiger partial charge in [-0.05, 0) is 70.6 Å². The average Bonchev–Trinajstić information content (AvgIpc) is 3.24. The highest BCUT2D eigenvalue weighted by molar-refractivity contribution is 5.71. The second-order valence-electron chi connectivity index (χ2n) is 17.4. The summed E-state index contributed by atoms with van der Waals surface area (Å²) in [4.78, 5) is 37.9. The van der Waals surface area contributed by atoms with Crippen molar-refractivity contribution in [2.24, 2.45) is 0 Å². The molecule has 60 heavy (non-hydrogen) atoms. The normalized spacial score (nSPS) is 12.2. The van der Waals surface area contributed by atoms with Gasteiger partial charge in [0.05, 0.1) is 0 Å². The fraction of sp³-hybridized carbons (Fsp3) is 0.833. The molecule has 1 atom stereocenters. The monoisotopic (exact) mass is 843 g/mol. The summed E-state index contributed by atoms with van der Waals surface area (Å²) in [6.45, 7) is 6.57. The molecule has 0 radical (unpaired) electrons. The Balaban J connectivity index is 4.37. The summed E-state index contributed by atoms with van der Waals surface area (Å²) >= 11 is 0. The first-order chi connectivity index (χ1) is 29.5. The number of rotatable bonds is 47. The van der Waals surface area contributed by atoms with E-state index in [1.165, 1.54) is 141 Å². The van der Waals surface area contributed by atoms with E-state index < -0.39 is 6.10 Å². The predicted molar refractivity (Wildman–Crippen MR) is 256 cm³/mol. The van der Waals surface area contributed by atoms with Gasteiger partial charge in [-0.3, -0.25) is 14.4 Å². The average molecular weight is 843 g/mol. The van der Waals surface area contributed by atoms with Crippen LogP contribution in [0.15, 0.2) is 36.5 Å². The third-order valence-corrected chi connectivity index (χ3v) is 11.3. The van der Waals surface area contributed by atoms with E-state index in [2.05, 4.69) is 57.2 Å². The Labute approximate surface area is 372 Å². The topological polar surface area (TPSA) is 78.9 Å². The summed E-state index contributed by atoms with van der Waals surface area (Å²) in [7, 11) is 0. The Kier molecular flexibility index (Phi) is 47.3. The van der Waals surface area contributed by atoms with Crippen molar-refractivity contribution in [2.75, 3.05) is 13.2 Å². The Morgan fingerprint density at radius 2 is 0.633 bits per heavy atom. The van der Waals surface area contributed by atoms with Crippen molar-refractivity contribution in [1.29, 1.82) is 0 Å². The van der Waals surface area contributed by atoms with E-state index in [1.807, 2.05) is 0 Å². The zero-order valence-electron chi connectivity index (χ0n) is 40.0. The maximum Gasteiger partial charge on any atom is 0.306 e. The smallest absolute Gasteiger partial charge is 0.306 e. The van der Waals surface area contributed by atoms with E-state index in [4.69, 9.17) is 14.2 Å². The van der Waals surface area contributed by atoms with Gasteiger partial charge in [-0.2, -0.15) is 0 Å². The first-order valence-corrected chi connectivity index (χ1v) is 26.0. The molecule has 0 aliphatic rings. The van der Waals surface area contributed by atoms with Gasteiger partial charge < -0.3 is 14.2 Å². The van der Waals surface area contributed by atoms with Gasteiger partial charge >= 0.3 is 17.9 Å². The van der Waals surface area contributed by atoms with Gasteiger partial charge in [0.15, 0.2) is 6.10 Å². The molecule has 0 aromatic rings. The lowest BCUT2D eigenvalue weighted by molar-refractivity contribution is -0.167. The molecule has 0 spiro atoms.